The highest BCUT2D eigenvalue weighted by Crippen LogP contribution is 2.28. The summed E-state index contributed by atoms with van der Waals surface area (Å²) in [5.74, 6) is 0.849. The Morgan fingerprint density at radius 3 is 2.67 bits per heavy atom. The standard InChI is InChI=1S/C16H13ClFN3/c1-9-3-4-10(17)7-12(9)16-20-14-6-5-11(18)8-13(14)15(19-2)21-16/h3-8H,1-2H3,(H,19,20,21). The fourth-order valence-electron chi connectivity index (χ4n) is 2.25. The number of anilines is 1. The molecule has 0 bridgehead atoms. The van der Waals surface area contributed by atoms with Crippen LogP contribution in [0.2, 0.25) is 5.02 Å². The van der Waals surface area contributed by atoms with Crippen molar-refractivity contribution in [1.29, 1.82) is 0 Å². The SMILES string of the molecule is CNc1nc(-c2cc(Cl)ccc2C)nc2ccc(F)cc12. The molecule has 0 atom stereocenters. The Morgan fingerprint density at radius 2 is 1.90 bits per heavy atom. The molecule has 2 aromatic carbocycles. The molecule has 0 unspecified atom stereocenters. The summed E-state index contributed by atoms with van der Waals surface area (Å²) in [6, 6.07) is 10.1. The number of nitrogens with zero attached hydrogens (tertiary/aromatic N) is 2. The molecule has 0 aliphatic heterocycles. The summed E-state index contributed by atoms with van der Waals surface area (Å²) in [7, 11) is 1.75. The van der Waals surface area contributed by atoms with Crippen molar-refractivity contribution in [3.05, 3.63) is 52.8 Å². The second-order valence-corrected chi connectivity index (χ2v) is 5.20. The third-order valence-corrected chi connectivity index (χ3v) is 3.57. The van der Waals surface area contributed by atoms with Crippen LogP contribution in [0.5, 0.6) is 0 Å². The summed E-state index contributed by atoms with van der Waals surface area (Å²) in [6.07, 6.45) is 0. The minimum atomic E-state index is -0.311. The largest absolute Gasteiger partial charge is 0.373 e. The first-order valence-corrected chi connectivity index (χ1v) is 6.88. The lowest BCUT2D eigenvalue weighted by molar-refractivity contribution is 0.629. The molecule has 3 rings (SSSR count). The van der Waals surface area contributed by atoms with Crippen LogP contribution in [0.4, 0.5) is 10.2 Å². The van der Waals surface area contributed by atoms with Gasteiger partial charge in [0, 0.05) is 23.0 Å². The number of nitrogens with one attached hydrogen (secondary N) is 1. The third kappa shape index (κ3) is 2.54. The Kier molecular flexibility index (Phi) is 3.47. The van der Waals surface area contributed by atoms with Crippen LogP contribution in [0.3, 0.4) is 0 Å². The molecule has 0 aliphatic rings. The molecule has 5 heteroatoms. The summed E-state index contributed by atoms with van der Waals surface area (Å²) in [5, 5.41) is 4.27. The normalized spacial score (nSPS) is 10.9. The Hall–Kier alpha value is -2.20. The number of aromatic nitrogens is 2. The predicted molar refractivity (Wildman–Crippen MR) is 84.2 cm³/mol. The Labute approximate surface area is 126 Å². The highest BCUT2D eigenvalue weighted by Gasteiger charge is 2.11. The van der Waals surface area contributed by atoms with Crippen LogP contribution in [0.25, 0.3) is 22.3 Å². The number of benzene rings is 2. The summed E-state index contributed by atoms with van der Waals surface area (Å²) in [5.41, 5.74) is 2.58. The van der Waals surface area contributed by atoms with E-state index < -0.39 is 0 Å². The summed E-state index contributed by atoms with van der Waals surface area (Å²) in [6.45, 7) is 1.98. The molecule has 3 aromatic rings. The van der Waals surface area contributed by atoms with Crippen molar-refractivity contribution < 1.29 is 4.39 Å². The van der Waals surface area contributed by atoms with Crippen LogP contribution in [0.1, 0.15) is 5.56 Å². The van der Waals surface area contributed by atoms with E-state index in [1.807, 2.05) is 25.1 Å². The van der Waals surface area contributed by atoms with Crippen molar-refractivity contribution in [2.75, 3.05) is 12.4 Å². The van der Waals surface area contributed by atoms with Crippen molar-refractivity contribution in [2.45, 2.75) is 6.92 Å². The van der Waals surface area contributed by atoms with E-state index in [4.69, 9.17) is 11.6 Å². The first-order valence-electron chi connectivity index (χ1n) is 6.50. The maximum absolute atomic E-state index is 13.4. The van der Waals surface area contributed by atoms with Gasteiger partial charge in [-0.3, -0.25) is 0 Å². The van der Waals surface area contributed by atoms with Crippen molar-refractivity contribution in [3.8, 4) is 11.4 Å². The minimum absolute atomic E-state index is 0.311. The van der Waals surface area contributed by atoms with Crippen LogP contribution in [0.15, 0.2) is 36.4 Å². The van der Waals surface area contributed by atoms with E-state index in [9.17, 15) is 4.39 Å². The molecule has 0 aliphatic carbocycles. The Morgan fingerprint density at radius 1 is 1.10 bits per heavy atom. The number of rotatable bonds is 2. The van der Waals surface area contributed by atoms with E-state index in [0.717, 1.165) is 11.1 Å². The van der Waals surface area contributed by atoms with Crippen LogP contribution < -0.4 is 5.32 Å². The quantitative estimate of drug-likeness (QED) is 0.760. The second kappa shape index (κ2) is 5.30. The van der Waals surface area contributed by atoms with Gasteiger partial charge in [0.05, 0.1) is 5.52 Å². The average Bonchev–Trinajstić information content (AvgIpc) is 2.48. The van der Waals surface area contributed by atoms with Crippen molar-refractivity contribution in [2.24, 2.45) is 0 Å². The zero-order chi connectivity index (χ0) is 15.0. The van der Waals surface area contributed by atoms with Gasteiger partial charge >= 0.3 is 0 Å². The molecule has 0 saturated heterocycles. The topological polar surface area (TPSA) is 37.8 Å². The first kappa shape index (κ1) is 13.8. The van der Waals surface area contributed by atoms with Gasteiger partial charge in [0.1, 0.15) is 11.6 Å². The molecule has 106 valence electrons. The summed E-state index contributed by atoms with van der Waals surface area (Å²) >= 11 is 6.06. The van der Waals surface area contributed by atoms with Gasteiger partial charge < -0.3 is 5.32 Å². The van der Waals surface area contributed by atoms with Crippen molar-refractivity contribution in [3.63, 3.8) is 0 Å². The van der Waals surface area contributed by atoms with Gasteiger partial charge in [0.15, 0.2) is 5.82 Å². The highest BCUT2D eigenvalue weighted by molar-refractivity contribution is 6.30. The van der Waals surface area contributed by atoms with Crippen LogP contribution >= 0.6 is 11.6 Å². The molecule has 21 heavy (non-hydrogen) atoms. The van der Waals surface area contributed by atoms with Crippen LogP contribution in [-0.2, 0) is 0 Å². The number of aryl methyl sites for hydroxylation is 1. The lowest BCUT2D eigenvalue weighted by Crippen LogP contribution is -2.00. The molecule has 1 aromatic heterocycles. The van der Waals surface area contributed by atoms with Gasteiger partial charge in [-0.25, -0.2) is 14.4 Å². The minimum Gasteiger partial charge on any atom is -0.373 e. The van der Waals surface area contributed by atoms with Crippen LogP contribution in [0, 0.1) is 12.7 Å². The third-order valence-electron chi connectivity index (χ3n) is 3.34. The Balaban J connectivity index is 2.29. The first-order chi connectivity index (χ1) is 10.1. The van der Waals surface area contributed by atoms with E-state index in [2.05, 4.69) is 15.3 Å². The molecule has 0 saturated carbocycles. The van der Waals surface area contributed by atoms with E-state index in [-0.39, 0.29) is 5.82 Å². The van der Waals surface area contributed by atoms with Crippen molar-refractivity contribution in [1.82, 2.24) is 9.97 Å². The zero-order valence-corrected chi connectivity index (χ0v) is 12.4. The molecule has 0 fully saturated rings. The maximum Gasteiger partial charge on any atom is 0.162 e. The molecular formula is C16H13ClFN3. The lowest BCUT2D eigenvalue weighted by atomic mass is 10.1. The molecule has 0 amide bonds. The summed E-state index contributed by atoms with van der Waals surface area (Å²) < 4.78 is 13.4. The molecule has 1 N–H and O–H groups in total. The number of fused-ring (bicyclic) bond motifs is 1. The molecule has 1 heterocycles. The maximum atomic E-state index is 13.4. The monoisotopic (exact) mass is 301 g/mol. The molecular weight excluding hydrogens is 289 g/mol. The smallest absolute Gasteiger partial charge is 0.162 e. The molecule has 0 spiro atoms. The fraction of sp³-hybridized carbons (Fsp3) is 0.125. The second-order valence-electron chi connectivity index (χ2n) is 4.77. The zero-order valence-electron chi connectivity index (χ0n) is 11.6. The van der Waals surface area contributed by atoms with Gasteiger partial charge in [-0.15, -0.1) is 0 Å². The average molecular weight is 302 g/mol. The molecule has 0 radical (unpaired) electrons. The highest BCUT2D eigenvalue weighted by atomic mass is 35.5. The van der Waals surface area contributed by atoms with Gasteiger partial charge in [-0.2, -0.15) is 0 Å². The Bertz CT molecular complexity index is 833. The summed E-state index contributed by atoms with van der Waals surface area (Å²) in [4.78, 5) is 9.01. The van der Waals surface area contributed by atoms with E-state index in [1.165, 1.54) is 12.1 Å². The van der Waals surface area contributed by atoms with Crippen molar-refractivity contribution >= 4 is 28.3 Å². The molecule has 3 nitrogen and oxygen atoms in total. The number of halogens is 2. The van der Waals surface area contributed by atoms with Gasteiger partial charge in [0.2, 0.25) is 0 Å². The van der Waals surface area contributed by atoms with E-state index >= 15 is 0 Å². The number of hydrogen-bond donors (Lipinski definition) is 1. The van der Waals surface area contributed by atoms with Gasteiger partial charge in [-0.1, -0.05) is 17.7 Å². The van der Waals surface area contributed by atoms with Gasteiger partial charge in [0.25, 0.3) is 0 Å². The lowest BCUT2D eigenvalue weighted by Gasteiger charge is -2.10. The van der Waals surface area contributed by atoms with E-state index in [0.29, 0.717) is 27.6 Å². The number of hydrogen-bond acceptors (Lipinski definition) is 3. The van der Waals surface area contributed by atoms with E-state index in [1.54, 1.807) is 13.1 Å². The fourth-order valence-corrected chi connectivity index (χ4v) is 2.42. The predicted octanol–water partition coefficient (Wildman–Crippen LogP) is 4.44. The van der Waals surface area contributed by atoms with Crippen LogP contribution in [-0.4, -0.2) is 17.0 Å². The van der Waals surface area contributed by atoms with Gasteiger partial charge in [-0.05, 0) is 42.8 Å².